The van der Waals surface area contributed by atoms with E-state index in [0.29, 0.717) is 41.1 Å². The van der Waals surface area contributed by atoms with Crippen molar-refractivity contribution >= 4 is 23.4 Å². The molecule has 1 atom stereocenters. The molecule has 1 N–H and O–H groups in total. The number of nitrogens with zero attached hydrogens (tertiary/aromatic N) is 3. The van der Waals surface area contributed by atoms with Crippen LogP contribution in [0.5, 0.6) is 5.75 Å². The topological polar surface area (TPSA) is 69.0 Å². The predicted molar refractivity (Wildman–Crippen MR) is 133 cm³/mol. The standard InChI is InChI=1S/C26H25FN4O2S/c1-3-33-23-16-10-9-15-22(23)28-25(32)18(2)34-26-30-29-24(20-13-7-8-14-21(20)27)31(26)17-19-11-5-4-6-12-19/h4-16,18H,3,17H2,1-2H3,(H,28,32). The van der Waals surface area contributed by atoms with Crippen molar-refractivity contribution < 1.29 is 13.9 Å². The number of halogens is 1. The molecule has 0 radical (unpaired) electrons. The molecule has 0 saturated carbocycles. The van der Waals surface area contributed by atoms with Crippen LogP contribution in [-0.2, 0) is 11.3 Å². The maximum absolute atomic E-state index is 14.6. The zero-order chi connectivity index (χ0) is 23.9. The first-order valence-corrected chi connectivity index (χ1v) is 11.9. The fourth-order valence-electron chi connectivity index (χ4n) is 3.42. The minimum atomic E-state index is -0.484. The van der Waals surface area contributed by atoms with Crippen LogP contribution >= 0.6 is 11.8 Å². The van der Waals surface area contributed by atoms with Crippen molar-refractivity contribution in [2.75, 3.05) is 11.9 Å². The van der Waals surface area contributed by atoms with Crippen molar-refractivity contribution in [2.45, 2.75) is 30.8 Å². The molecule has 34 heavy (non-hydrogen) atoms. The van der Waals surface area contributed by atoms with Crippen molar-refractivity contribution in [3.05, 3.63) is 90.2 Å². The van der Waals surface area contributed by atoms with E-state index in [9.17, 15) is 9.18 Å². The van der Waals surface area contributed by atoms with E-state index in [1.165, 1.54) is 17.8 Å². The van der Waals surface area contributed by atoms with Gasteiger partial charge in [-0.25, -0.2) is 4.39 Å². The van der Waals surface area contributed by atoms with Crippen LogP contribution in [0.15, 0.2) is 84.0 Å². The minimum Gasteiger partial charge on any atom is -0.492 e. The molecule has 4 aromatic rings. The van der Waals surface area contributed by atoms with Gasteiger partial charge in [0.05, 0.1) is 29.7 Å². The smallest absolute Gasteiger partial charge is 0.237 e. The molecule has 0 aliphatic rings. The zero-order valence-electron chi connectivity index (χ0n) is 18.9. The predicted octanol–water partition coefficient (Wildman–Crippen LogP) is 5.65. The second-order valence-electron chi connectivity index (χ2n) is 7.54. The van der Waals surface area contributed by atoms with E-state index in [-0.39, 0.29) is 11.7 Å². The molecule has 1 amide bonds. The van der Waals surface area contributed by atoms with Gasteiger partial charge in [0.15, 0.2) is 11.0 Å². The fraction of sp³-hybridized carbons (Fsp3) is 0.192. The highest BCUT2D eigenvalue weighted by Crippen LogP contribution is 2.30. The molecule has 1 heterocycles. The van der Waals surface area contributed by atoms with Crippen LogP contribution in [0.1, 0.15) is 19.4 Å². The lowest BCUT2D eigenvalue weighted by Gasteiger charge is -2.16. The first-order valence-electron chi connectivity index (χ1n) is 11.0. The molecule has 174 valence electrons. The van der Waals surface area contributed by atoms with Crippen molar-refractivity contribution in [3.8, 4) is 17.1 Å². The molecule has 6 nitrogen and oxygen atoms in total. The number of para-hydroxylation sites is 2. The van der Waals surface area contributed by atoms with Crippen LogP contribution in [0, 0.1) is 5.82 Å². The number of rotatable bonds is 9. The summed E-state index contributed by atoms with van der Waals surface area (Å²) in [5.41, 5.74) is 1.99. The number of anilines is 1. The molecular weight excluding hydrogens is 451 g/mol. The van der Waals surface area contributed by atoms with Crippen LogP contribution in [0.3, 0.4) is 0 Å². The molecule has 0 aliphatic heterocycles. The summed E-state index contributed by atoms with van der Waals surface area (Å²) >= 11 is 1.27. The van der Waals surface area contributed by atoms with Crippen LogP contribution in [0.2, 0.25) is 0 Å². The minimum absolute atomic E-state index is 0.196. The maximum atomic E-state index is 14.6. The van der Waals surface area contributed by atoms with Gasteiger partial charge in [-0.2, -0.15) is 0 Å². The third kappa shape index (κ3) is 5.46. The Bertz CT molecular complexity index is 1260. The molecule has 1 unspecified atom stereocenters. The van der Waals surface area contributed by atoms with E-state index >= 15 is 0 Å². The number of carbonyl (C=O) groups excluding carboxylic acids is 1. The summed E-state index contributed by atoms with van der Waals surface area (Å²) in [5.74, 6) is 0.460. The number of thioether (sulfide) groups is 1. The van der Waals surface area contributed by atoms with E-state index in [2.05, 4.69) is 15.5 Å². The van der Waals surface area contributed by atoms with Gasteiger partial charge in [0, 0.05) is 0 Å². The van der Waals surface area contributed by atoms with Gasteiger partial charge in [-0.1, -0.05) is 66.4 Å². The van der Waals surface area contributed by atoms with Gasteiger partial charge in [-0.15, -0.1) is 10.2 Å². The Labute approximate surface area is 202 Å². The van der Waals surface area contributed by atoms with Gasteiger partial charge < -0.3 is 10.1 Å². The highest BCUT2D eigenvalue weighted by Gasteiger charge is 2.23. The number of ether oxygens (including phenoxy) is 1. The average Bonchev–Trinajstić information content (AvgIpc) is 3.23. The molecule has 3 aromatic carbocycles. The number of aromatic nitrogens is 3. The van der Waals surface area contributed by atoms with Crippen LogP contribution < -0.4 is 10.1 Å². The summed E-state index contributed by atoms with van der Waals surface area (Å²) < 4.78 is 22.0. The molecule has 0 fully saturated rings. The highest BCUT2D eigenvalue weighted by molar-refractivity contribution is 8.00. The third-order valence-corrected chi connectivity index (χ3v) is 6.19. The molecule has 0 saturated heterocycles. The normalized spacial score (nSPS) is 11.7. The Morgan fingerprint density at radius 1 is 1.03 bits per heavy atom. The van der Waals surface area contributed by atoms with Gasteiger partial charge in [0.2, 0.25) is 5.91 Å². The monoisotopic (exact) mass is 476 g/mol. The van der Waals surface area contributed by atoms with Gasteiger partial charge in [-0.05, 0) is 43.7 Å². The molecular formula is C26H25FN4O2S. The Balaban J connectivity index is 1.60. The number of benzene rings is 3. The lowest BCUT2D eigenvalue weighted by molar-refractivity contribution is -0.115. The zero-order valence-corrected chi connectivity index (χ0v) is 19.8. The first kappa shape index (κ1) is 23.5. The van der Waals surface area contributed by atoms with Crippen molar-refractivity contribution in [1.29, 1.82) is 0 Å². The molecule has 0 bridgehead atoms. The number of amides is 1. The van der Waals surface area contributed by atoms with Crippen molar-refractivity contribution in [2.24, 2.45) is 0 Å². The van der Waals surface area contributed by atoms with E-state index < -0.39 is 5.25 Å². The number of hydrogen-bond acceptors (Lipinski definition) is 5. The second kappa shape index (κ2) is 11.0. The molecule has 0 aliphatic carbocycles. The van der Waals surface area contributed by atoms with E-state index in [4.69, 9.17) is 4.74 Å². The Hall–Kier alpha value is -3.65. The first-order chi connectivity index (χ1) is 16.6. The van der Waals surface area contributed by atoms with Crippen LogP contribution in [0.4, 0.5) is 10.1 Å². The summed E-state index contributed by atoms with van der Waals surface area (Å²) in [6, 6.07) is 23.6. The largest absolute Gasteiger partial charge is 0.492 e. The summed E-state index contributed by atoms with van der Waals surface area (Å²) in [7, 11) is 0. The fourth-order valence-corrected chi connectivity index (χ4v) is 4.27. The van der Waals surface area contributed by atoms with Gasteiger partial charge in [0.1, 0.15) is 11.6 Å². The third-order valence-electron chi connectivity index (χ3n) is 5.11. The lowest BCUT2D eigenvalue weighted by atomic mass is 10.2. The highest BCUT2D eigenvalue weighted by atomic mass is 32.2. The second-order valence-corrected chi connectivity index (χ2v) is 8.84. The molecule has 8 heteroatoms. The summed E-state index contributed by atoms with van der Waals surface area (Å²) in [4.78, 5) is 13.0. The number of hydrogen-bond donors (Lipinski definition) is 1. The molecule has 0 spiro atoms. The van der Waals surface area contributed by atoms with Gasteiger partial charge in [-0.3, -0.25) is 9.36 Å². The van der Waals surface area contributed by atoms with Gasteiger partial charge in [0.25, 0.3) is 0 Å². The Morgan fingerprint density at radius 3 is 2.50 bits per heavy atom. The Kier molecular flexibility index (Phi) is 7.59. The average molecular weight is 477 g/mol. The van der Waals surface area contributed by atoms with E-state index in [1.807, 2.05) is 60.0 Å². The molecule has 1 aromatic heterocycles. The Morgan fingerprint density at radius 2 is 1.74 bits per heavy atom. The van der Waals surface area contributed by atoms with Crippen LogP contribution in [0.25, 0.3) is 11.4 Å². The SMILES string of the molecule is CCOc1ccccc1NC(=O)C(C)Sc1nnc(-c2ccccc2F)n1Cc1ccccc1. The van der Waals surface area contributed by atoms with E-state index in [1.54, 1.807) is 31.2 Å². The number of carbonyl (C=O) groups is 1. The van der Waals surface area contributed by atoms with Crippen LogP contribution in [-0.4, -0.2) is 32.5 Å². The summed E-state index contributed by atoms with van der Waals surface area (Å²) in [5, 5.41) is 11.6. The summed E-state index contributed by atoms with van der Waals surface area (Å²) in [6.07, 6.45) is 0. The maximum Gasteiger partial charge on any atom is 0.237 e. The summed E-state index contributed by atoms with van der Waals surface area (Å²) in [6.45, 7) is 4.64. The lowest BCUT2D eigenvalue weighted by Crippen LogP contribution is -2.23. The molecule has 4 rings (SSSR count). The van der Waals surface area contributed by atoms with Crippen molar-refractivity contribution in [1.82, 2.24) is 14.8 Å². The van der Waals surface area contributed by atoms with Crippen molar-refractivity contribution in [3.63, 3.8) is 0 Å². The van der Waals surface area contributed by atoms with E-state index in [0.717, 1.165) is 5.56 Å². The quantitative estimate of drug-likeness (QED) is 0.316. The van der Waals surface area contributed by atoms with Gasteiger partial charge >= 0.3 is 0 Å². The number of nitrogens with one attached hydrogen (secondary N) is 1.